The topological polar surface area (TPSA) is 67.3 Å². The van der Waals surface area contributed by atoms with Crippen LogP contribution in [0.1, 0.15) is 11.3 Å². The molecule has 11 heteroatoms. The molecular formula is C19H13F3N4O2PS-. The highest BCUT2D eigenvalue weighted by molar-refractivity contribution is 7.75. The number of aromatic nitrogens is 2. The van der Waals surface area contributed by atoms with Crippen molar-refractivity contribution >= 4 is 30.9 Å². The van der Waals surface area contributed by atoms with Crippen molar-refractivity contribution in [3.63, 3.8) is 0 Å². The van der Waals surface area contributed by atoms with Gasteiger partial charge in [-0.2, -0.15) is 28.9 Å². The Morgan fingerprint density at radius 1 is 1.10 bits per heavy atom. The lowest BCUT2D eigenvalue weighted by Gasteiger charge is -2.10. The van der Waals surface area contributed by atoms with Gasteiger partial charge in [0.05, 0.1) is 17.3 Å². The summed E-state index contributed by atoms with van der Waals surface area (Å²) in [7, 11) is -1.21. The third-order valence-electron chi connectivity index (χ3n) is 4.22. The highest BCUT2D eigenvalue weighted by Gasteiger charge is 2.35. The van der Waals surface area contributed by atoms with Crippen molar-refractivity contribution in [3.05, 3.63) is 65.9 Å². The summed E-state index contributed by atoms with van der Waals surface area (Å²) in [4.78, 5) is 11.9. The van der Waals surface area contributed by atoms with E-state index in [2.05, 4.69) is 9.46 Å². The quantitative estimate of drug-likeness (QED) is 0.396. The highest BCUT2D eigenvalue weighted by Crippen LogP contribution is 2.33. The maximum Gasteiger partial charge on any atom is 0.435 e. The molecule has 2 amide bonds. The lowest BCUT2D eigenvalue weighted by molar-refractivity contribution is -0.141. The lowest BCUT2D eigenvalue weighted by atomic mass is 10.1. The van der Waals surface area contributed by atoms with Gasteiger partial charge in [-0.1, -0.05) is 46.9 Å². The Morgan fingerprint density at radius 3 is 2.30 bits per heavy atom. The number of aryl methyl sites for hydroxylation is 1. The largest absolute Gasteiger partial charge is 0.439 e. The number of carbonyl (C=O) groups is 1. The Balaban J connectivity index is 1.72. The summed E-state index contributed by atoms with van der Waals surface area (Å²) in [6.45, 7) is 1.88. The summed E-state index contributed by atoms with van der Waals surface area (Å²) in [5.41, 5.74) is 1.16. The van der Waals surface area contributed by atoms with Gasteiger partial charge in [0, 0.05) is 13.9 Å². The smallest absolute Gasteiger partial charge is 0.435 e. The number of halogens is 3. The minimum Gasteiger partial charge on any atom is -0.439 e. The van der Waals surface area contributed by atoms with Crippen LogP contribution >= 0.6 is 8.35 Å². The average molecular weight is 449 g/mol. The number of urea groups is 1. The Hall–Kier alpha value is -2.97. The molecule has 0 saturated carbocycles. The minimum absolute atomic E-state index is 0.255. The Labute approximate surface area is 173 Å². The molecule has 0 atom stereocenters. The molecule has 0 saturated heterocycles. The van der Waals surface area contributed by atoms with Gasteiger partial charge in [0.1, 0.15) is 0 Å². The molecule has 1 aromatic heterocycles. The van der Waals surface area contributed by atoms with Crippen LogP contribution < -0.4 is 0 Å². The monoisotopic (exact) mass is 449 g/mol. The zero-order chi connectivity index (χ0) is 21.5. The first-order valence-electron chi connectivity index (χ1n) is 8.58. The molecule has 0 spiro atoms. The van der Waals surface area contributed by atoms with Gasteiger partial charge in [-0.15, -0.1) is 0 Å². The molecule has 4 rings (SSSR count). The summed E-state index contributed by atoms with van der Waals surface area (Å²) in [6.07, 6.45) is -4.60. The van der Waals surface area contributed by atoms with Crippen LogP contribution in [0.25, 0.3) is 16.9 Å². The first kappa shape index (κ1) is 20.3. The number of rotatable bonds is 3. The van der Waals surface area contributed by atoms with Gasteiger partial charge in [0.15, 0.2) is 5.69 Å². The van der Waals surface area contributed by atoms with Gasteiger partial charge in [0.2, 0.25) is 0 Å². The number of benzene rings is 2. The average Bonchev–Trinajstić information content (AvgIpc) is 3.46. The molecule has 154 valence electrons. The van der Waals surface area contributed by atoms with Gasteiger partial charge in [-0.05, 0) is 25.1 Å². The number of nitrogens with zero attached hydrogens (tertiary/aromatic N) is 4. The van der Waals surface area contributed by atoms with Crippen LogP contribution in [-0.2, 0) is 21.0 Å². The van der Waals surface area contributed by atoms with E-state index in [1.807, 2.05) is 6.92 Å². The molecule has 2 aromatic carbocycles. The van der Waals surface area contributed by atoms with Crippen LogP contribution in [0.5, 0.6) is 0 Å². The van der Waals surface area contributed by atoms with Crippen molar-refractivity contribution in [1.82, 2.24) is 14.5 Å². The van der Waals surface area contributed by atoms with Gasteiger partial charge >= 0.3 is 12.2 Å². The second-order valence-corrected chi connectivity index (χ2v) is 8.43. The predicted octanol–water partition coefficient (Wildman–Crippen LogP) is 5.43. The molecule has 30 heavy (non-hydrogen) atoms. The second-order valence-electron chi connectivity index (χ2n) is 6.38. The van der Waals surface area contributed by atoms with Crippen LogP contribution in [-0.4, -0.2) is 26.4 Å². The molecule has 0 radical (unpaired) electrons. The molecule has 6 nitrogen and oxygen atoms in total. The first-order valence-corrected chi connectivity index (χ1v) is 10.6. The summed E-state index contributed by atoms with van der Waals surface area (Å²) < 4.78 is 58.1. The molecule has 0 aliphatic carbocycles. The molecule has 1 aliphatic heterocycles. The van der Waals surface area contributed by atoms with Crippen LogP contribution in [0, 0.1) is 6.92 Å². The van der Waals surface area contributed by atoms with Gasteiger partial charge in [0.25, 0.3) is 0 Å². The number of alkyl halides is 3. The predicted molar refractivity (Wildman–Crippen MR) is 108 cm³/mol. The summed E-state index contributed by atoms with van der Waals surface area (Å²) in [5, 5.41) is 3.73. The fourth-order valence-electron chi connectivity index (χ4n) is 2.64. The third-order valence-corrected chi connectivity index (χ3v) is 5.85. The Bertz CT molecular complexity index is 1220. The van der Waals surface area contributed by atoms with E-state index in [9.17, 15) is 22.2 Å². The zero-order valence-electron chi connectivity index (χ0n) is 15.4. The van der Waals surface area contributed by atoms with Crippen molar-refractivity contribution in [2.45, 2.75) is 18.0 Å². The van der Waals surface area contributed by atoms with E-state index in [1.54, 1.807) is 30.2 Å². The SMILES string of the molecule is Cc1ccc(-c2cc(C(F)(F)F)nn2-c2ccc(/[S-](=O)=N\C(=O)N3C=P3)cc2)cc1. The van der Waals surface area contributed by atoms with Gasteiger partial charge in [-0.25, -0.2) is 14.1 Å². The van der Waals surface area contributed by atoms with Crippen LogP contribution in [0.4, 0.5) is 18.0 Å². The maximum atomic E-state index is 13.3. The fraction of sp³-hybridized carbons (Fsp3) is 0.105. The lowest BCUT2D eigenvalue weighted by Crippen LogP contribution is -2.07. The third kappa shape index (κ3) is 4.29. The van der Waals surface area contributed by atoms with Gasteiger partial charge in [-0.3, -0.25) is 0 Å². The Morgan fingerprint density at radius 2 is 1.73 bits per heavy atom. The summed E-state index contributed by atoms with van der Waals surface area (Å²) >= 11 is 0. The van der Waals surface area contributed by atoms with E-state index in [4.69, 9.17) is 0 Å². The fourth-order valence-corrected chi connectivity index (χ4v) is 3.70. The van der Waals surface area contributed by atoms with E-state index >= 15 is 0 Å². The molecule has 1 aliphatic rings. The van der Waals surface area contributed by atoms with Crippen molar-refractivity contribution in [1.29, 1.82) is 0 Å². The number of amides is 2. The molecule has 0 unspecified atom stereocenters. The normalized spacial score (nSPS) is 14.7. The standard InChI is InChI=1S/C19H13F3N4O2PS/c1-12-2-4-13(5-3-12)16-10-17(19(20,21)22)23-26(16)14-6-8-15(9-7-14)30(28)24-18(27)25-11-29-25/h2-11H,1H3/q-1. The molecule has 0 bridgehead atoms. The van der Waals surface area contributed by atoms with E-state index in [-0.39, 0.29) is 10.6 Å². The van der Waals surface area contributed by atoms with Crippen molar-refractivity contribution < 1.29 is 22.2 Å². The first-order chi connectivity index (χ1) is 14.2. The van der Waals surface area contributed by atoms with Crippen molar-refractivity contribution in [2.75, 3.05) is 0 Å². The highest BCUT2D eigenvalue weighted by atomic mass is 32.2. The van der Waals surface area contributed by atoms with E-state index in [0.717, 1.165) is 11.6 Å². The zero-order valence-corrected chi connectivity index (χ0v) is 17.1. The van der Waals surface area contributed by atoms with Crippen molar-refractivity contribution in [3.8, 4) is 16.9 Å². The van der Waals surface area contributed by atoms with E-state index in [1.165, 1.54) is 33.6 Å². The Kier molecular flexibility index (Phi) is 5.21. The van der Waals surface area contributed by atoms with Crippen LogP contribution in [0.3, 0.4) is 0 Å². The van der Waals surface area contributed by atoms with Crippen molar-refractivity contribution in [2.24, 2.45) is 4.36 Å². The van der Waals surface area contributed by atoms with Gasteiger partial charge < -0.3 is 8.57 Å². The molecular weight excluding hydrogens is 436 g/mol. The van der Waals surface area contributed by atoms with Crippen LogP contribution in [0.15, 0.2) is 63.9 Å². The van der Waals surface area contributed by atoms with E-state index in [0.29, 0.717) is 19.6 Å². The number of hydrogen-bond acceptors (Lipinski definition) is 4. The minimum atomic E-state index is -4.60. The molecule has 3 aromatic rings. The molecule has 0 N–H and O–H groups in total. The number of carbonyl (C=O) groups excluding carboxylic acids is 1. The maximum absolute atomic E-state index is 13.3. The number of hydrogen-bond donors (Lipinski definition) is 0. The van der Waals surface area contributed by atoms with Crippen LogP contribution in [0.2, 0.25) is 0 Å². The summed E-state index contributed by atoms with van der Waals surface area (Å²) in [5.74, 6) is 1.58. The second kappa shape index (κ2) is 7.70. The molecule has 2 heterocycles. The summed E-state index contributed by atoms with van der Waals surface area (Å²) in [6, 6.07) is 13.3. The van der Waals surface area contributed by atoms with E-state index < -0.39 is 28.5 Å². The molecule has 0 fully saturated rings.